The first-order valence-corrected chi connectivity index (χ1v) is 4.82. The molecule has 0 aliphatic rings. The molecule has 3 nitrogen and oxygen atoms in total. The van der Waals surface area contributed by atoms with E-state index in [0.29, 0.717) is 6.54 Å². The monoisotopic (exact) mass is 200 g/mol. The second kappa shape index (κ2) is 4.09. The van der Waals surface area contributed by atoms with Gasteiger partial charge in [-0.2, -0.15) is 0 Å². The van der Waals surface area contributed by atoms with Crippen molar-refractivity contribution in [3.8, 4) is 0 Å². The Morgan fingerprint density at radius 1 is 1.27 bits per heavy atom. The van der Waals surface area contributed by atoms with Gasteiger partial charge >= 0.3 is 0 Å². The van der Waals surface area contributed by atoms with Crippen molar-refractivity contribution in [3.63, 3.8) is 0 Å². The fourth-order valence-electron chi connectivity index (χ4n) is 1.41. The van der Waals surface area contributed by atoms with Crippen molar-refractivity contribution in [3.05, 3.63) is 64.3 Å². The second-order valence-corrected chi connectivity index (χ2v) is 3.47. The first-order valence-electron chi connectivity index (χ1n) is 4.82. The van der Waals surface area contributed by atoms with Crippen LogP contribution in [0.3, 0.4) is 0 Å². The third-order valence-electron chi connectivity index (χ3n) is 2.31. The average molecular weight is 200 g/mol. The summed E-state index contributed by atoms with van der Waals surface area (Å²) in [5.41, 5.74) is 2.22. The van der Waals surface area contributed by atoms with Gasteiger partial charge in [-0.1, -0.05) is 6.07 Å². The minimum Gasteiger partial charge on any atom is -0.348 e. The van der Waals surface area contributed by atoms with Crippen molar-refractivity contribution >= 4 is 0 Å². The van der Waals surface area contributed by atoms with Gasteiger partial charge in [0, 0.05) is 30.7 Å². The Bertz CT molecular complexity index is 497. The molecule has 76 valence electrons. The van der Waals surface area contributed by atoms with Crippen LogP contribution >= 0.6 is 0 Å². The number of rotatable bonds is 2. The lowest BCUT2D eigenvalue weighted by Crippen LogP contribution is -2.06. The molecule has 0 spiro atoms. The van der Waals surface area contributed by atoms with Gasteiger partial charge in [0.15, 0.2) is 5.43 Å². The predicted molar refractivity (Wildman–Crippen MR) is 58.8 cm³/mol. The zero-order valence-electron chi connectivity index (χ0n) is 8.55. The van der Waals surface area contributed by atoms with E-state index in [1.807, 2.05) is 23.6 Å². The summed E-state index contributed by atoms with van der Waals surface area (Å²) in [5, 5.41) is 0. The molecular weight excluding hydrogens is 188 g/mol. The Morgan fingerprint density at radius 2 is 2.00 bits per heavy atom. The molecule has 0 radical (unpaired) electrons. The SMILES string of the molecule is Cc1cccnc1Cn1ccc(=O)cc1. The molecule has 15 heavy (non-hydrogen) atoms. The molecule has 3 heteroatoms. The zero-order valence-corrected chi connectivity index (χ0v) is 8.55. The Labute approximate surface area is 88.0 Å². The highest BCUT2D eigenvalue weighted by Crippen LogP contribution is 2.04. The summed E-state index contributed by atoms with van der Waals surface area (Å²) in [6.07, 6.45) is 5.33. The normalized spacial score (nSPS) is 10.2. The van der Waals surface area contributed by atoms with Crippen molar-refractivity contribution in [2.24, 2.45) is 0 Å². The minimum absolute atomic E-state index is 0.0315. The Morgan fingerprint density at radius 3 is 2.67 bits per heavy atom. The van der Waals surface area contributed by atoms with E-state index in [1.165, 1.54) is 0 Å². The van der Waals surface area contributed by atoms with E-state index >= 15 is 0 Å². The summed E-state index contributed by atoms with van der Waals surface area (Å²) in [6, 6.07) is 7.06. The fraction of sp³-hybridized carbons (Fsp3) is 0.167. The molecular formula is C12H12N2O. The lowest BCUT2D eigenvalue weighted by atomic mass is 10.2. The summed E-state index contributed by atoms with van der Waals surface area (Å²) in [7, 11) is 0. The maximum atomic E-state index is 10.9. The van der Waals surface area contributed by atoms with Crippen LogP contribution in [0.25, 0.3) is 0 Å². The van der Waals surface area contributed by atoms with Crippen molar-refractivity contribution in [1.29, 1.82) is 0 Å². The van der Waals surface area contributed by atoms with Gasteiger partial charge in [-0.25, -0.2) is 0 Å². The molecule has 2 rings (SSSR count). The third-order valence-corrected chi connectivity index (χ3v) is 2.31. The molecule has 0 unspecified atom stereocenters. The standard InChI is InChI=1S/C12H12N2O/c1-10-3-2-6-13-12(10)9-14-7-4-11(15)5-8-14/h2-8H,9H2,1H3. The summed E-state index contributed by atoms with van der Waals surface area (Å²) in [6.45, 7) is 2.73. The summed E-state index contributed by atoms with van der Waals surface area (Å²) in [5.74, 6) is 0. The van der Waals surface area contributed by atoms with Crippen molar-refractivity contribution in [2.45, 2.75) is 13.5 Å². The lowest BCUT2D eigenvalue weighted by molar-refractivity contribution is 0.759. The predicted octanol–water partition coefficient (Wildman–Crippen LogP) is 1.60. The highest BCUT2D eigenvalue weighted by molar-refractivity contribution is 5.18. The van der Waals surface area contributed by atoms with Crippen LogP contribution in [0, 0.1) is 6.92 Å². The van der Waals surface area contributed by atoms with Gasteiger partial charge in [-0.15, -0.1) is 0 Å². The van der Waals surface area contributed by atoms with E-state index in [0.717, 1.165) is 11.3 Å². The van der Waals surface area contributed by atoms with Crippen LogP contribution in [0.4, 0.5) is 0 Å². The average Bonchev–Trinajstić information content (AvgIpc) is 2.25. The van der Waals surface area contributed by atoms with E-state index in [4.69, 9.17) is 0 Å². The number of hydrogen-bond acceptors (Lipinski definition) is 2. The molecule has 0 aliphatic heterocycles. The molecule has 0 fully saturated rings. The molecule has 0 N–H and O–H groups in total. The quantitative estimate of drug-likeness (QED) is 0.738. The maximum Gasteiger partial charge on any atom is 0.181 e. The molecule has 2 aromatic rings. The number of hydrogen-bond donors (Lipinski definition) is 0. The molecule has 0 aromatic carbocycles. The smallest absolute Gasteiger partial charge is 0.181 e. The van der Waals surface area contributed by atoms with Gasteiger partial charge in [0.2, 0.25) is 0 Å². The number of nitrogens with zero attached hydrogens (tertiary/aromatic N) is 2. The van der Waals surface area contributed by atoms with E-state index in [1.54, 1.807) is 30.7 Å². The number of aromatic nitrogens is 2. The van der Waals surface area contributed by atoms with Gasteiger partial charge in [0.1, 0.15) is 0 Å². The highest BCUT2D eigenvalue weighted by atomic mass is 16.1. The Hall–Kier alpha value is -1.90. The van der Waals surface area contributed by atoms with Crippen molar-refractivity contribution in [2.75, 3.05) is 0 Å². The highest BCUT2D eigenvalue weighted by Gasteiger charge is 1.98. The molecule has 2 heterocycles. The van der Waals surface area contributed by atoms with Gasteiger partial charge < -0.3 is 4.57 Å². The number of pyridine rings is 2. The maximum absolute atomic E-state index is 10.9. The molecule has 0 bridgehead atoms. The van der Waals surface area contributed by atoms with E-state index in [9.17, 15) is 4.79 Å². The molecule has 0 saturated heterocycles. The van der Waals surface area contributed by atoms with E-state index in [-0.39, 0.29) is 5.43 Å². The molecule has 0 amide bonds. The molecule has 2 aromatic heterocycles. The topological polar surface area (TPSA) is 34.9 Å². The Balaban J connectivity index is 2.26. The second-order valence-electron chi connectivity index (χ2n) is 3.47. The van der Waals surface area contributed by atoms with Gasteiger partial charge in [-0.05, 0) is 18.6 Å². The number of aryl methyl sites for hydroxylation is 1. The van der Waals surface area contributed by atoms with Crippen molar-refractivity contribution < 1.29 is 0 Å². The van der Waals surface area contributed by atoms with Crippen LogP contribution in [-0.4, -0.2) is 9.55 Å². The van der Waals surface area contributed by atoms with E-state index < -0.39 is 0 Å². The summed E-state index contributed by atoms with van der Waals surface area (Å²) < 4.78 is 1.94. The van der Waals surface area contributed by atoms with Gasteiger partial charge in [0.25, 0.3) is 0 Å². The third kappa shape index (κ3) is 2.31. The van der Waals surface area contributed by atoms with Crippen LogP contribution < -0.4 is 5.43 Å². The van der Waals surface area contributed by atoms with E-state index in [2.05, 4.69) is 4.98 Å². The first-order chi connectivity index (χ1) is 7.25. The van der Waals surface area contributed by atoms with Crippen LogP contribution in [0.5, 0.6) is 0 Å². The van der Waals surface area contributed by atoms with Gasteiger partial charge in [0.05, 0.1) is 12.2 Å². The van der Waals surface area contributed by atoms with Crippen LogP contribution in [0.1, 0.15) is 11.3 Å². The van der Waals surface area contributed by atoms with Gasteiger partial charge in [-0.3, -0.25) is 9.78 Å². The largest absolute Gasteiger partial charge is 0.348 e. The van der Waals surface area contributed by atoms with Crippen LogP contribution in [-0.2, 0) is 6.54 Å². The van der Waals surface area contributed by atoms with Crippen LogP contribution in [0.15, 0.2) is 47.7 Å². The van der Waals surface area contributed by atoms with Crippen LogP contribution in [0.2, 0.25) is 0 Å². The first kappa shape index (κ1) is 9.65. The summed E-state index contributed by atoms with van der Waals surface area (Å²) >= 11 is 0. The fourth-order valence-corrected chi connectivity index (χ4v) is 1.41. The lowest BCUT2D eigenvalue weighted by Gasteiger charge is -2.07. The molecule has 0 saturated carbocycles. The zero-order chi connectivity index (χ0) is 10.7. The Kier molecular flexibility index (Phi) is 2.63. The molecule has 0 aliphatic carbocycles. The molecule has 0 atom stereocenters. The minimum atomic E-state index is 0.0315. The summed E-state index contributed by atoms with van der Waals surface area (Å²) in [4.78, 5) is 15.2. The van der Waals surface area contributed by atoms with Crippen molar-refractivity contribution in [1.82, 2.24) is 9.55 Å².